The molecule has 2 rings (SSSR count). The van der Waals surface area contributed by atoms with Crippen LogP contribution >= 0.6 is 27.3 Å². The van der Waals surface area contributed by atoms with Crippen molar-refractivity contribution in [3.63, 3.8) is 0 Å². The first kappa shape index (κ1) is 12.1. The molecule has 0 bridgehead atoms. The molecule has 6 heteroatoms. The molecule has 1 unspecified atom stereocenters. The molecule has 0 radical (unpaired) electrons. The third-order valence-electron chi connectivity index (χ3n) is 2.12. The van der Waals surface area contributed by atoms with Crippen molar-refractivity contribution in [2.75, 3.05) is 5.32 Å². The van der Waals surface area contributed by atoms with Gasteiger partial charge in [0.2, 0.25) is 0 Å². The summed E-state index contributed by atoms with van der Waals surface area (Å²) >= 11 is 4.58. The summed E-state index contributed by atoms with van der Waals surface area (Å²) in [5, 5.41) is 14.5. The van der Waals surface area contributed by atoms with Gasteiger partial charge in [0.15, 0.2) is 11.2 Å². The summed E-state index contributed by atoms with van der Waals surface area (Å²) in [6.45, 7) is 0. The van der Waals surface area contributed by atoms with Gasteiger partial charge >= 0.3 is 5.97 Å². The number of carboxylic acids is 1. The standard InChI is InChI=1S/C11H9BrN2O2S/c12-8-6-17-11(13-8)14-9(10(15)16)7-4-2-1-3-5-7/h1-6,9H,(H,13,14)(H,15,16). The second-order valence-electron chi connectivity index (χ2n) is 3.30. The molecule has 0 aliphatic heterocycles. The summed E-state index contributed by atoms with van der Waals surface area (Å²) in [4.78, 5) is 15.3. The number of benzene rings is 1. The third-order valence-corrected chi connectivity index (χ3v) is 3.61. The average molecular weight is 313 g/mol. The number of hydrogen-bond acceptors (Lipinski definition) is 4. The number of thiazole rings is 1. The van der Waals surface area contributed by atoms with Gasteiger partial charge in [-0.3, -0.25) is 0 Å². The Hall–Kier alpha value is -1.40. The van der Waals surface area contributed by atoms with E-state index < -0.39 is 12.0 Å². The molecule has 2 N–H and O–H groups in total. The number of hydrogen-bond donors (Lipinski definition) is 2. The van der Waals surface area contributed by atoms with Crippen LogP contribution in [0.3, 0.4) is 0 Å². The number of nitrogens with one attached hydrogen (secondary N) is 1. The molecule has 0 spiro atoms. The van der Waals surface area contributed by atoms with Gasteiger partial charge in [0, 0.05) is 5.38 Å². The van der Waals surface area contributed by atoms with Crippen LogP contribution in [-0.4, -0.2) is 16.1 Å². The van der Waals surface area contributed by atoms with Crippen LogP contribution in [0.1, 0.15) is 11.6 Å². The topological polar surface area (TPSA) is 62.2 Å². The van der Waals surface area contributed by atoms with Crippen molar-refractivity contribution in [1.82, 2.24) is 4.98 Å². The Kier molecular flexibility index (Phi) is 3.75. The monoisotopic (exact) mass is 312 g/mol. The van der Waals surface area contributed by atoms with Crippen molar-refractivity contribution in [2.45, 2.75) is 6.04 Å². The number of carboxylic acid groups (broad SMARTS) is 1. The third kappa shape index (κ3) is 3.04. The molecule has 4 nitrogen and oxygen atoms in total. The molecule has 0 fully saturated rings. The Morgan fingerprint density at radius 3 is 2.65 bits per heavy atom. The van der Waals surface area contributed by atoms with Crippen LogP contribution in [-0.2, 0) is 4.79 Å². The minimum Gasteiger partial charge on any atom is -0.479 e. The Bertz CT molecular complexity index is 515. The predicted molar refractivity (Wildman–Crippen MR) is 70.3 cm³/mol. The molecule has 1 heterocycles. The highest BCUT2D eigenvalue weighted by atomic mass is 79.9. The quantitative estimate of drug-likeness (QED) is 0.910. The maximum atomic E-state index is 11.2. The van der Waals surface area contributed by atoms with Gasteiger partial charge in [-0.05, 0) is 21.5 Å². The SMILES string of the molecule is O=C(O)C(Nc1nc(Br)cs1)c1ccccc1. The number of aromatic nitrogens is 1. The summed E-state index contributed by atoms with van der Waals surface area (Å²) in [6, 6.07) is 8.23. The first-order valence-corrected chi connectivity index (χ1v) is 6.49. The summed E-state index contributed by atoms with van der Waals surface area (Å²) in [5.74, 6) is -0.928. The van der Waals surface area contributed by atoms with Gasteiger partial charge in [-0.15, -0.1) is 11.3 Å². The van der Waals surface area contributed by atoms with Gasteiger partial charge in [0.1, 0.15) is 4.60 Å². The number of nitrogens with zero attached hydrogens (tertiary/aromatic N) is 1. The summed E-state index contributed by atoms with van der Waals surface area (Å²) < 4.78 is 0.696. The highest BCUT2D eigenvalue weighted by Gasteiger charge is 2.20. The Morgan fingerprint density at radius 2 is 2.12 bits per heavy atom. The van der Waals surface area contributed by atoms with E-state index in [2.05, 4.69) is 26.2 Å². The minimum atomic E-state index is -0.928. The Morgan fingerprint density at radius 1 is 1.41 bits per heavy atom. The number of aliphatic carboxylic acids is 1. The number of rotatable bonds is 4. The number of halogens is 1. The fraction of sp³-hybridized carbons (Fsp3) is 0.0909. The second-order valence-corrected chi connectivity index (χ2v) is 4.97. The fourth-order valence-electron chi connectivity index (χ4n) is 1.38. The second kappa shape index (κ2) is 5.29. The average Bonchev–Trinajstić information content (AvgIpc) is 2.73. The van der Waals surface area contributed by atoms with Gasteiger partial charge < -0.3 is 10.4 Å². The summed E-state index contributed by atoms with van der Waals surface area (Å²) in [6.07, 6.45) is 0. The van der Waals surface area contributed by atoms with E-state index in [0.29, 0.717) is 15.3 Å². The van der Waals surface area contributed by atoms with E-state index in [1.807, 2.05) is 18.2 Å². The van der Waals surface area contributed by atoms with Crippen LogP contribution in [0.25, 0.3) is 0 Å². The van der Waals surface area contributed by atoms with Crippen molar-refractivity contribution in [3.8, 4) is 0 Å². The zero-order valence-corrected chi connectivity index (χ0v) is 11.0. The molecule has 0 saturated carbocycles. The first-order valence-electron chi connectivity index (χ1n) is 4.82. The molecule has 1 aromatic heterocycles. The van der Waals surface area contributed by atoms with E-state index in [9.17, 15) is 9.90 Å². The normalized spacial score (nSPS) is 12.1. The maximum Gasteiger partial charge on any atom is 0.330 e. The predicted octanol–water partition coefficient (Wildman–Crippen LogP) is 3.14. The fourth-order valence-corrected chi connectivity index (χ4v) is 2.55. The molecule has 0 saturated heterocycles. The van der Waals surface area contributed by atoms with Gasteiger partial charge in [-0.2, -0.15) is 0 Å². The van der Waals surface area contributed by atoms with Gasteiger partial charge in [-0.25, -0.2) is 9.78 Å². The molecular weight excluding hydrogens is 304 g/mol. The molecule has 88 valence electrons. The van der Waals surface area contributed by atoms with Crippen LogP contribution in [0.2, 0.25) is 0 Å². The van der Waals surface area contributed by atoms with E-state index >= 15 is 0 Å². The largest absolute Gasteiger partial charge is 0.479 e. The Balaban J connectivity index is 2.22. The van der Waals surface area contributed by atoms with Gasteiger partial charge in [-0.1, -0.05) is 30.3 Å². The van der Waals surface area contributed by atoms with E-state index in [1.165, 1.54) is 11.3 Å². The van der Waals surface area contributed by atoms with Crippen LogP contribution in [0.4, 0.5) is 5.13 Å². The van der Waals surface area contributed by atoms with Crippen LogP contribution in [0.15, 0.2) is 40.3 Å². The van der Waals surface area contributed by atoms with E-state index in [-0.39, 0.29) is 0 Å². The lowest BCUT2D eigenvalue weighted by Gasteiger charge is -2.13. The van der Waals surface area contributed by atoms with Crippen molar-refractivity contribution in [3.05, 3.63) is 45.9 Å². The van der Waals surface area contributed by atoms with Crippen LogP contribution < -0.4 is 5.32 Å². The molecule has 0 aliphatic carbocycles. The smallest absolute Gasteiger partial charge is 0.330 e. The van der Waals surface area contributed by atoms with Gasteiger partial charge in [0.05, 0.1) is 0 Å². The number of carbonyl (C=O) groups is 1. The van der Waals surface area contributed by atoms with Crippen molar-refractivity contribution >= 4 is 38.4 Å². The Labute approximate surface area is 110 Å². The highest BCUT2D eigenvalue weighted by molar-refractivity contribution is 9.10. The lowest BCUT2D eigenvalue weighted by atomic mass is 10.1. The first-order chi connectivity index (χ1) is 8.16. The summed E-state index contributed by atoms with van der Waals surface area (Å²) in [5.41, 5.74) is 0.700. The van der Waals surface area contributed by atoms with E-state index in [4.69, 9.17) is 0 Å². The van der Waals surface area contributed by atoms with Crippen molar-refractivity contribution in [1.29, 1.82) is 0 Å². The van der Waals surface area contributed by atoms with E-state index in [0.717, 1.165) is 0 Å². The van der Waals surface area contributed by atoms with Crippen molar-refractivity contribution < 1.29 is 9.90 Å². The van der Waals surface area contributed by atoms with Gasteiger partial charge in [0.25, 0.3) is 0 Å². The molecule has 1 atom stereocenters. The zero-order valence-electron chi connectivity index (χ0n) is 8.63. The number of anilines is 1. The molecule has 1 aromatic carbocycles. The molecule has 0 aliphatic rings. The minimum absolute atomic E-state index is 0.577. The van der Waals surface area contributed by atoms with E-state index in [1.54, 1.807) is 17.5 Å². The highest BCUT2D eigenvalue weighted by Crippen LogP contribution is 2.24. The molecular formula is C11H9BrN2O2S. The summed E-state index contributed by atoms with van der Waals surface area (Å²) in [7, 11) is 0. The zero-order chi connectivity index (χ0) is 12.3. The van der Waals surface area contributed by atoms with Crippen LogP contribution in [0.5, 0.6) is 0 Å². The lowest BCUT2D eigenvalue weighted by molar-refractivity contribution is -0.138. The molecule has 2 aromatic rings. The molecule has 0 amide bonds. The maximum absolute atomic E-state index is 11.2. The lowest BCUT2D eigenvalue weighted by Crippen LogP contribution is -2.20. The van der Waals surface area contributed by atoms with Crippen LogP contribution in [0, 0.1) is 0 Å². The van der Waals surface area contributed by atoms with Crippen molar-refractivity contribution in [2.24, 2.45) is 0 Å². The molecule has 17 heavy (non-hydrogen) atoms.